The molecule has 1 aliphatic heterocycles. The van der Waals surface area contributed by atoms with Gasteiger partial charge >= 0.3 is 0 Å². The molecule has 12 heavy (non-hydrogen) atoms. The molecule has 0 aromatic heterocycles. The van der Waals surface area contributed by atoms with Gasteiger partial charge in [0.15, 0.2) is 0 Å². The van der Waals surface area contributed by atoms with Gasteiger partial charge in [0.1, 0.15) is 6.61 Å². The zero-order valence-corrected chi connectivity index (χ0v) is 8.29. The Morgan fingerprint density at radius 2 is 2.17 bits per heavy atom. The molecule has 3 heteroatoms. The highest BCUT2D eigenvalue weighted by Crippen LogP contribution is 2.26. The maximum Gasteiger partial charge on any atom is 0.200 e. The molecule has 2 atom stereocenters. The first kappa shape index (κ1) is 9.52. The quantitative estimate of drug-likeness (QED) is 0.642. The summed E-state index contributed by atoms with van der Waals surface area (Å²) in [6.45, 7) is 9.06. The van der Waals surface area contributed by atoms with Gasteiger partial charge in [-0.05, 0) is 12.3 Å². The van der Waals surface area contributed by atoms with E-state index in [2.05, 4.69) is 25.8 Å². The van der Waals surface area contributed by atoms with Gasteiger partial charge < -0.3 is 10.5 Å². The minimum atomic E-state index is -0.0719. The molecule has 0 unspecified atom stereocenters. The van der Waals surface area contributed by atoms with Gasteiger partial charge in [-0.3, -0.25) is 0 Å². The number of hydrogen-bond donors (Lipinski definition) is 1. The minimum absolute atomic E-state index is 0.0719. The van der Waals surface area contributed by atoms with Crippen molar-refractivity contribution in [2.24, 2.45) is 16.1 Å². The van der Waals surface area contributed by atoms with Crippen molar-refractivity contribution in [1.29, 1.82) is 0 Å². The van der Waals surface area contributed by atoms with Crippen LogP contribution in [0.25, 0.3) is 0 Å². The van der Waals surface area contributed by atoms with Crippen LogP contribution in [-0.4, -0.2) is 24.6 Å². The smallest absolute Gasteiger partial charge is 0.200 e. The van der Waals surface area contributed by atoms with E-state index in [1.54, 1.807) is 0 Å². The number of ether oxygens (including phenoxy) is 1. The summed E-state index contributed by atoms with van der Waals surface area (Å²) in [5, 5.41) is 0. The molecule has 3 nitrogen and oxygen atoms in total. The fraction of sp³-hybridized carbons (Fsp3) is 0.889. The summed E-state index contributed by atoms with van der Waals surface area (Å²) in [7, 11) is 0. The molecule has 0 aliphatic carbocycles. The Labute approximate surface area is 74.0 Å². The highest BCUT2D eigenvalue weighted by molar-refractivity contribution is 5.82. The summed E-state index contributed by atoms with van der Waals surface area (Å²) < 4.78 is 5.38. The van der Waals surface area contributed by atoms with E-state index in [9.17, 15) is 0 Å². The molecule has 0 spiro atoms. The minimum Gasteiger partial charge on any atom is -0.478 e. The summed E-state index contributed by atoms with van der Waals surface area (Å²) in [6.07, 6.45) is 0. The summed E-state index contributed by atoms with van der Waals surface area (Å²) in [5.74, 6) is 0.704. The van der Waals surface area contributed by atoms with Crippen LogP contribution in [0.3, 0.4) is 0 Å². The Kier molecular flexibility index (Phi) is 2.42. The molecule has 0 radical (unpaired) electrons. The highest BCUT2D eigenvalue weighted by Gasteiger charge is 2.30. The Balaban J connectivity index is 2.65. The predicted molar refractivity (Wildman–Crippen MR) is 50.3 cm³/mol. The van der Waals surface area contributed by atoms with Gasteiger partial charge in [-0.15, -0.1) is 0 Å². The van der Waals surface area contributed by atoms with Crippen LogP contribution >= 0.6 is 0 Å². The van der Waals surface area contributed by atoms with Crippen LogP contribution < -0.4 is 5.73 Å². The Morgan fingerprint density at radius 3 is 2.42 bits per heavy atom. The van der Waals surface area contributed by atoms with Crippen molar-refractivity contribution < 1.29 is 4.74 Å². The summed E-state index contributed by atoms with van der Waals surface area (Å²) in [4.78, 5) is 4.43. The van der Waals surface area contributed by atoms with Gasteiger partial charge in [-0.25, -0.2) is 4.99 Å². The lowest BCUT2D eigenvalue weighted by molar-refractivity contribution is 0.232. The maximum atomic E-state index is 5.65. The second-order valence-electron chi connectivity index (χ2n) is 4.45. The predicted octanol–water partition coefficient (Wildman–Crippen LogP) is 1.18. The van der Waals surface area contributed by atoms with E-state index in [-0.39, 0.29) is 17.5 Å². The molecule has 0 saturated heterocycles. The fourth-order valence-electron chi connectivity index (χ4n) is 1.09. The van der Waals surface area contributed by atoms with Crippen molar-refractivity contribution in [3.63, 3.8) is 0 Å². The molecule has 2 N–H and O–H groups in total. The van der Waals surface area contributed by atoms with E-state index in [1.165, 1.54) is 0 Å². The molecule has 0 amide bonds. The van der Waals surface area contributed by atoms with Crippen LogP contribution in [0.2, 0.25) is 0 Å². The third-order valence-corrected chi connectivity index (χ3v) is 2.06. The molecule has 0 aromatic rings. The molecule has 0 bridgehead atoms. The van der Waals surface area contributed by atoms with Crippen LogP contribution in [0, 0.1) is 5.41 Å². The summed E-state index contributed by atoms with van der Waals surface area (Å²) in [5.41, 5.74) is 5.82. The Bertz CT molecular complexity index is 191. The van der Waals surface area contributed by atoms with Crippen molar-refractivity contribution in [3.05, 3.63) is 0 Å². The lowest BCUT2D eigenvalue weighted by Crippen LogP contribution is -2.26. The van der Waals surface area contributed by atoms with Crippen LogP contribution in [0.5, 0.6) is 0 Å². The molecular formula is C9H18N2O. The summed E-state index contributed by atoms with van der Waals surface area (Å²) in [6, 6.07) is 0.191. The standard InChI is InChI=1S/C9H18N2O/c1-6(10)8-11-7(5-12-8)9(2,3)4/h6-7H,5,10H2,1-4H3/t6-,7+/m0/s1. The molecule has 1 heterocycles. The molecule has 0 fully saturated rings. The van der Waals surface area contributed by atoms with Crippen molar-refractivity contribution in [2.45, 2.75) is 39.8 Å². The number of aliphatic imine (C=N–C) groups is 1. The first-order valence-electron chi connectivity index (χ1n) is 4.37. The van der Waals surface area contributed by atoms with E-state index in [1.807, 2.05) is 6.92 Å². The van der Waals surface area contributed by atoms with Crippen LogP contribution in [0.15, 0.2) is 4.99 Å². The molecule has 0 saturated carbocycles. The summed E-state index contributed by atoms with van der Waals surface area (Å²) >= 11 is 0. The maximum absolute atomic E-state index is 5.65. The van der Waals surface area contributed by atoms with Gasteiger partial charge in [0, 0.05) is 0 Å². The van der Waals surface area contributed by atoms with E-state index in [0.717, 1.165) is 0 Å². The van der Waals surface area contributed by atoms with E-state index < -0.39 is 0 Å². The molecular weight excluding hydrogens is 152 g/mol. The average molecular weight is 170 g/mol. The molecule has 0 aromatic carbocycles. The third kappa shape index (κ3) is 1.97. The Hall–Kier alpha value is -0.570. The van der Waals surface area contributed by atoms with E-state index in [0.29, 0.717) is 12.5 Å². The lowest BCUT2D eigenvalue weighted by atomic mass is 9.88. The molecule has 1 rings (SSSR count). The van der Waals surface area contributed by atoms with Crippen LogP contribution in [0.4, 0.5) is 0 Å². The van der Waals surface area contributed by atoms with Crippen molar-refractivity contribution in [3.8, 4) is 0 Å². The largest absolute Gasteiger partial charge is 0.478 e. The van der Waals surface area contributed by atoms with Crippen LogP contribution in [-0.2, 0) is 4.74 Å². The average Bonchev–Trinajstić information content (AvgIpc) is 2.30. The molecule has 70 valence electrons. The SMILES string of the molecule is C[C@H](N)C1=N[C@@H](C(C)(C)C)CO1. The number of rotatable bonds is 1. The van der Waals surface area contributed by atoms with Gasteiger partial charge in [0.25, 0.3) is 0 Å². The lowest BCUT2D eigenvalue weighted by Gasteiger charge is -2.21. The van der Waals surface area contributed by atoms with Crippen molar-refractivity contribution in [2.75, 3.05) is 6.61 Å². The zero-order chi connectivity index (χ0) is 9.35. The first-order chi connectivity index (χ1) is 5.41. The van der Waals surface area contributed by atoms with Gasteiger partial charge in [0.2, 0.25) is 5.90 Å². The normalized spacial score (nSPS) is 26.4. The number of nitrogens with zero attached hydrogens (tertiary/aromatic N) is 1. The first-order valence-corrected chi connectivity index (χ1v) is 4.37. The monoisotopic (exact) mass is 170 g/mol. The topological polar surface area (TPSA) is 47.6 Å². The molecule has 1 aliphatic rings. The second kappa shape index (κ2) is 3.05. The third-order valence-electron chi connectivity index (χ3n) is 2.06. The van der Waals surface area contributed by atoms with Crippen LogP contribution in [0.1, 0.15) is 27.7 Å². The second-order valence-corrected chi connectivity index (χ2v) is 4.45. The fourth-order valence-corrected chi connectivity index (χ4v) is 1.09. The number of nitrogens with two attached hydrogens (primary N) is 1. The van der Waals surface area contributed by atoms with Gasteiger partial charge in [-0.1, -0.05) is 20.8 Å². The van der Waals surface area contributed by atoms with Gasteiger partial charge in [-0.2, -0.15) is 0 Å². The number of hydrogen-bond acceptors (Lipinski definition) is 3. The van der Waals surface area contributed by atoms with E-state index in [4.69, 9.17) is 10.5 Å². The van der Waals surface area contributed by atoms with Crippen molar-refractivity contribution >= 4 is 5.90 Å². The highest BCUT2D eigenvalue weighted by atomic mass is 16.5. The zero-order valence-electron chi connectivity index (χ0n) is 8.29. The van der Waals surface area contributed by atoms with Gasteiger partial charge in [0.05, 0.1) is 12.1 Å². The Morgan fingerprint density at radius 1 is 1.58 bits per heavy atom. The van der Waals surface area contributed by atoms with Crippen molar-refractivity contribution in [1.82, 2.24) is 0 Å². The van der Waals surface area contributed by atoms with E-state index >= 15 is 0 Å².